The molecule has 0 bridgehead atoms. The molecule has 1 saturated heterocycles. The van der Waals surface area contributed by atoms with E-state index in [9.17, 15) is 4.79 Å². The first-order valence-electron chi connectivity index (χ1n) is 12.8. The number of aryl methyl sites for hydroxylation is 1. The molecule has 1 aliphatic heterocycles. The Bertz CT molecular complexity index is 1240. The van der Waals surface area contributed by atoms with Crippen LogP contribution in [-0.4, -0.2) is 40.0 Å². The smallest absolute Gasteiger partial charge is 0.229 e. The standard InChI is InChI=1S/C27H32N6O/c28-19-12-14-33(16-19)25-20-5-3-1-2-4-6-23(20)30-24-10-9-18(15-21(24)25)22-11-13-29-27(31-22)32-26(34)17-7-8-17/h9-11,13,15,17,19H,1-8,12,14,16,28H2,(H,29,31,32,34)/t19-/m0/s1. The van der Waals surface area contributed by atoms with E-state index in [1.807, 2.05) is 6.07 Å². The van der Waals surface area contributed by atoms with E-state index < -0.39 is 0 Å². The van der Waals surface area contributed by atoms with E-state index in [-0.39, 0.29) is 17.9 Å². The van der Waals surface area contributed by atoms with Gasteiger partial charge in [0.15, 0.2) is 0 Å². The van der Waals surface area contributed by atoms with Gasteiger partial charge in [0.1, 0.15) is 0 Å². The van der Waals surface area contributed by atoms with E-state index in [1.165, 1.54) is 48.0 Å². The second-order valence-electron chi connectivity index (χ2n) is 10.1. The number of anilines is 2. The van der Waals surface area contributed by atoms with Crippen LogP contribution in [0.1, 0.15) is 56.2 Å². The molecule has 6 rings (SSSR count). The van der Waals surface area contributed by atoms with Crippen molar-refractivity contribution in [2.24, 2.45) is 11.7 Å². The molecule has 0 spiro atoms. The second-order valence-corrected chi connectivity index (χ2v) is 10.1. The fourth-order valence-corrected chi connectivity index (χ4v) is 5.40. The van der Waals surface area contributed by atoms with Gasteiger partial charge in [-0.15, -0.1) is 0 Å². The quantitative estimate of drug-likeness (QED) is 0.610. The van der Waals surface area contributed by atoms with Gasteiger partial charge in [-0.1, -0.05) is 18.9 Å². The van der Waals surface area contributed by atoms with Crippen molar-refractivity contribution >= 4 is 28.4 Å². The highest BCUT2D eigenvalue weighted by Crippen LogP contribution is 2.38. The highest BCUT2D eigenvalue weighted by atomic mass is 16.2. The highest BCUT2D eigenvalue weighted by molar-refractivity contribution is 5.97. The number of carbonyl (C=O) groups excluding carboxylic acids is 1. The van der Waals surface area contributed by atoms with Crippen LogP contribution in [0.25, 0.3) is 22.2 Å². The molecule has 7 nitrogen and oxygen atoms in total. The fraction of sp³-hybridized carbons (Fsp3) is 0.481. The minimum atomic E-state index is 0.0196. The van der Waals surface area contributed by atoms with Crippen molar-refractivity contribution in [1.29, 1.82) is 0 Å². The lowest BCUT2D eigenvalue weighted by atomic mass is 9.93. The third-order valence-corrected chi connectivity index (χ3v) is 7.41. The largest absolute Gasteiger partial charge is 0.369 e. The Labute approximate surface area is 200 Å². The molecule has 2 fully saturated rings. The molecule has 0 radical (unpaired) electrons. The zero-order chi connectivity index (χ0) is 23.1. The van der Waals surface area contributed by atoms with Crippen LogP contribution in [-0.2, 0) is 17.6 Å². The number of benzene rings is 1. The first-order valence-corrected chi connectivity index (χ1v) is 12.8. The molecule has 3 N–H and O–H groups in total. The van der Waals surface area contributed by atoms with Crippen molar-refractivity contribution in [3.63, 3.8) is 0 Å². The molecule has 2 aliphatic carbocycles. The maximum atomic E-state index is 12.2. The summed E-state index contributed by atoms with van der Waals surface area (Å²) in [5.74, 6) is 0.510. The van der Waals surface area contributed by atoms with Gasteiger partial charge in [0.2, 0.25) is 11.9 Å². The first kappa shape index (κ1) is 21.5. The third-order valence-electron chi connectivity index (χ3n) is 7.41. The van der Waals surface area contributed by atoms with Gasteiger partial charge in [0.05, 0.1) is 16.9 Å². The predicted octanol–water partition coefficient (Wildman–Crippen LogP) is 4.24. The molecule has 1 aromatic carbocycles. The third kappa shape index (κ3) is 4.25. The first-order chi connectivity index (χ1) is 16.7. The van der Waals surface area contributed by atoms with Crippen LogP contribution in [0.4, 0.5) is 11.6 Å². The van der Waals surface area contributed by atoms with Gasteiger partial charge in [-0.25, -0.2) is 9.97 Å². The minimum absolute atomic E-state index is 0.0196. The molecule has 3 heterocycles. The average molecular weight is 457 g/mol. The number of carbonyl (C=O) groups is 1. The number of fused-ring (bicyclic) bond motifs is 2. The summed E-state index contributed by atoms with van der Waals surface area (Å²) in [6.45, 7) is 1.88. The topological polar surface area (TPSA) is 97.0 Å². The molecule has 7 heteroatoms. The van der Waals surface area contributed by atoms with Crippen molar-refractivity contribution in [3.8, 4) is 11.3 Å². The van der Waals surface area contributed by atoms with Crippen LogP contribution in [0.5, 0.6) is 0 Å². The number of nitrogens with one attached hydrogen (secondary N) is 1. The van der Waals surface area contributed by atoms with E-state index >= 15 is 0 Å². The van der Waals surface area contributed by atoms with Crippen LogP contribution >= 0.6 is 0 Å². The zero-order valence-corrected chi connectivity index (χ0v) is 19.6. The maximum Gasteiger partial charge on any atom is 0.229 e. The Morgan fingerprint density at radius 3 is 2.68 bits per heavy atom. The number of nitrogens with two attached hydrogens (primary N) is 1. The predicted molar refractivity (Wildman–Crippen MR) is 135 cm³/mol. The van der Waals surface area contributed by atoms with Crippen molar-refractivity contribution < 1.29 is 4.79 Å². The summed E-state index contributed by atoms with van der Waals surface area (Å²) < 4.78 is 0. The maximum absolute atomic E-state index is 12.2. The summed E-state index contributed by atoms with van der Waals surface area (Å²) in [5.41, 5.74) is 13.2. The van der Waals surface area contributed by atoms with Gasteiger partial charge in [-0.05, 0) is 68.7 Å². The summed E-state index contributed by atoms with van der Waals surface area (Å²) in [4.78, 5) is 28.7. The van der Waals surface area contributed by atoms with Crippen LogP contribution in [0.2, 0.25) is 0 Å². The van der Waals surface area contributed by atoms with Gasteiger partial charge in [-0.3, -0.25) is 15.1 Å². The molecular weight excluding hydrogens is 424 g/mol. The normalized spacial score (nSPS) is 20.6. The number of hydrogen-bond donors (Lipinski definition) is 2. The summed E-state index contributed by atoms with van der Waals surface area (Å²) in [6.07, 6.45) is 11.8. The SMILES string of the molecule is N[C@H]1CCN(c2c3c(nc4ccc(-c5ccnc(NC(=O)C6CC6)n5)cc24)CCCCCC3)C1. The summed E-state index contributed by atoms with van der Waals surface area (Å²) in [5, 5.41) is 4.04. The van der Waals surface area contributed by atoms with Gasteiger partial charge in [0, 0.05) is 47.9 Å². The lowest BCUT2D eigenvalue weighted by molar-refractivity contribution is -0.117. The molecule has 1 amide bonds. The van der Waals surface area contributed by atoms with Crippen molar-refractivity contribution in [1.82, 2.24) is 15.0 Å². The van der Waals surface area contributed by atoms with Crippen LogP contribution < -0.4 is 16.0 Å². The molecule has 0 unspecified atom stereocenters. The Balaban J connectivity index is 1.44. The van der Waals surface area contributed by atoms with Gasteiger partial charge in [0.25, 0.3) is 0 Å². The average Bonchev–Trinajstić information content (AvgIpc) is 3.60. The highest BCUT2D eigenvalue weighted by Gasteiger charge is 2.30. The van der Waals surface area contributed by atoms with E-state index in [4.69, 9.17) is 10.7 Å². The Kier molecular flexibility index (Phi) is 5.65. The number of nitrogens with zero attached hydrogens (tertiary/aromatic N) is 4. The van der Waals surface area contributed by atoms with Crippen LogP contribution in [0.3, 0.4) is 0 Å². The van der Waals surface area contributed by atoms with E-state index in [0.29, 0.717) is 5.95 Å². The lowest BCUT2D eigenvalue weighted by Crippen LogP contribution is -2.27. The van der Waals surface area contributed by atoms with Crippen molar-refractivity contribution in [2.75, 3.05) is 23.3 Å². The molecule has 1 atom stereocenters. The number of amides is 1. The van der Waals surface area contributed by atoms with Crippen molar-refractivity contribution in [2.45, 2.75) is 63.8 Å². The molecule has 1 saturated carbocycles. The number of hydrogen-bond acceptors (Lipinski definition) is 6. The molecule has 176 valence electrons. The monoisotopic (exact) mass is 456 g/mol. The number of rotatable bonds is 4. The molecule has 3 aromatic rings. The Morgan fingerprint density at radius 1 is 1.03 bits per heavy atom. The van der Waals surface area contributed by atoms with Gasteiger partial charge in [-0.2, -0.15) is 0 Å². The molecule has 2 aromatic heterocycles. The van der Waals surface area contributed by atoms with Crippen molar-refractivity contribution in [3.05, 3.63) is 41.7 Å². The van der Waals surface area contributed by atoms with Gasteiger partial charge < -0.3 is 10.6 Å². The van der Waals surface area contributed by atoms with E-state index in [1.54, 1.807) is 6.20 Å². The van der Waals surface area contributed by atoms with E-state index in [0.717, 1.165) is 62.0 Å². The summed E-state index contributed by atoms with van der Waals surface area (Å²) in [6, 6.07) is 8.54. The summed E-state index contributed by atoms with van der Waals surface area (Å²) in [7, 11) is 0. The Morgan fingerprint density at radius 2 is 1.88 bits per heavy atom. The summed E-state index contributed by atoms with van der Waals surface area (Å²) >= 11 is 0. The number of aromatic nitrogens is 3. The van der Waals surface area contributed by atoms with Crippen LogP contribution in [0, 0.1) is 5.92 Å². The Hall–Kier alpha value is -3.06. The minimum Gasteiger partial charge on any atom is -0.369 e. The van der Waals surface area contributed by atoms with Crippen LogP contribution in [0.15, 0.2) is 30.5 Å². The molecule has 34 heavy (non-hydrogen) atoms. The lowest BCUT2D eigenvalue weighted by Gasteiger charge is -2.27. The fourth-order valence-electron chi connectivity index (χ4n) is 5.40. The second kappa shape index (κ2) is 8.95. The molecular formula is C27H32N6O. The van der Waals surface area contributed by atoms with E-state index in [2.05, 4.69) is 38.4 Å². The number of pyridine rings is 1. The van der Waals surface area contributed by atoms with Gasteiger partial charge >= 0.3 is 0 Å². The zero-order valence-electron chi connectivity index (χ0n) is 19.6. The molecule has 3 aliphatic rings.